The Morgan fingerprint density at radius 2 is 1.71 bits per heavy atom. The van der Waals surface area contributed by atoms with Crippen molar-refractivity contribution in [2.75, 3.05) is 11.5 Å². The fourth-order valence-electron chi connectivity index (χ4n) is 1.79. The SMILES string of the molecule is O=S1CCCS(=O)C1(Cl)[C@H](O)c1ccccc1. The van der Waals surface area contributed by atoms with E-state index in [0.717, 1.165) is 0 Å². The van der Waals surface area contributed by atoms with Crippen LogP contribution in [0, 0.1) is 0 Å². The van der Waals surface area contributed by atoms with Crippen LogP contribution in [0.25, 0.3) is 0 Å². The monoisotopic (exact) mass is 292 g/mol. The Hall–Kier alpha value is -0.230. The van der Waals surface area contributed by atoms with Crippen LogP contribution in [0.3, 0.4) is 0 Å². The number of aliphatic hydroxyl groups is 1. The summed E-state index contributed by atoms with van der Waals surface area (Å²) >= 11 is 6.21. The highest BCUT2D eigenvalue weighted by Gasteiger charge is 2.50. The van der Waals surface area contributed by atoms with Gasteiger partial charge in [-0.15, -0.1) is 0 Å². The van der Waals surface area contributed by atoms with Crippen LogP contribution in [-0.2, 0) is 21.6 Å². The Kier molecular flexibility index (Phi) is 4.02. The topological polar surface area (TPSA) is 54.4 Å². The number of rotatable bonds is 2. The molecule has 2 rings (SSSR count). The van der Waals surface area contributed by atoms with Crippen molar-refractivity contribution < 1.29 is 13.5 Å². The number of benzene rings is 1. The van der Waals surface area contributed by atoms with E-state index >= 15 is 0 Å². The number of hydrogen-bond donors (Lipinski definition) is 1. The lowest BCUT2D eigenvalue weighted by Crippen LogP contribution is -2.45. The van der Waals surface area contributed by atoms with E-state index in [-0.39, 0.29) is 0 Å². The van der Waals surface area contributed by atoms with E-state index in [2.05, 4.69) is 0 Å². The van der Waals surface area contributed by atoms with Crippen molar-refractivity contribution >= 4 is 33.2 Å². The highest BCUT2D eigenvalue weighted by Crippen LogP contribution is 2.41. The van der Waals surface area contributed by atoms with E-state index in [1.165, 1.54) is 0 Å². The van der Waals surface area contributed by atoms with Crippen molar-refractivity contribution in [3.05, 3.63) is 35.9 Å². The third-order valence-corrected chi connectivity index (χ3v) is 8.08. The van der Waals surface area contributed by atoms with Gasteiger partial charge in [-0.05, 0) is 12.0 Å². The molecular weight excluding hydrogens is 280 g/mol. The molecule has 0 aromatic heterocycles. The van der Waals surface area contributed by atoms with E-state index < -0.39 is 31.2 Å². The van der Waals surface area contributed by atoms with Crippen LogP contribution < -0.4 is 0 Å². The van der Waals surface area contributed by atoms with Gasteiger partial charge >= 0.3 is 0 Å². The quantitative estimate of drug-likeness (QED) is 0.841. The van der Waals surface area contributed by atoms with Gasteiger partial charge in [0, 0.05) is 11.5 Å². The van der Waals surface area contributed by atoms with E-state index in [4.69, 9.17) is 11.6 Å². The van der Waals surface area contributed by atoms with Gasteiger partial charge in [0.25, 0.3) is 0 Å². The largest absolute Gasteiger partial charge is 0.385 e. The lowest BCUT2D eigenvalue weighted by atomic mass is 10.1. The predicted molar refractivity (Wildman–Crippen MR) is 70.6 cm³/mol. The van der Waals surface area contributed by atoms with Gasteiger partial charge in [-0.3, -0.25) is 8.42 Å². The Labute approximate surface area is 110 Å². The summed E-state index contributed by atoms with van der Waals surface area (Å²) in [4.78, 5) is 0. The van der Waals surface area contributed by atoms with Gasteiger partial charge in [-0.2, -0.15) is 0 Å². The minimum atomic E-state index is -1.57. The average Bonchev–Trinajstić information content (AvgIpc) is 2.36. The highest BCUT2D eigenvalue weighted by atomic mass is 35.5. The maximum Gasteiger partial charge on any atom is 0.222 e. The molecule has 0 aliphatic carbocycles. The molecule has 94 valence electrons. The van der Waals surface area contributed by atoms with Crippen LogP contribution in [0.2, 0.25) is 0 Å². The first-order valence-electron chi connectivity index (χ1n) is 5.25. The van der Waals surface area contributed by atoms with Gasteiger partial charge in [-0.25, -0.2) is 0 Å². The molecule has 0 amide bonds. The van der Waals surface area contributed by atoms with E-state index in [0.29, 0.717) is 23.5 Å². The summed E-state index contributed by atoms with van der Waals surface area (Å²) in [7, 11) is -2.98. The van der Waals surface area contributed by atoms with E-state index in [1.54, 1.807) is 24.3 Å². The number of alkyl halides is 1. The summed E-state index contributed by atoms with van der Waals surface area (Å²) in [6, 6.07) is 8.71. The van der Waals surface area contributed by atoms with E-state index in [9.17, 15) is 13.5 Å². The van der Waals surface area contributed by atoms with Crippen molar-refractivity contribution in [3.8, 4) is 0 Å². The minimum absolute atomic E-state index is 0.388. The van der Waals surface area contributed by atoms with E-state index in [1.807, 2.05) is 6.07 Å². The molecule has 1 N–H and O–H groups in total. The predicted octanol–water partition coefficient (Wildman–Crippen LogP) is 1.51. The summed E-state index contributed by atoms with van der Waals surface area (Å²) < 4.78 is 22.4. The molecule has 1 aromatic rings. The molecule has 0 spiro atoms. The minimum Gasteiger partial charge on any atom is -0.385 e. The molecule has 1 heterocycles. The highest BCUT2D eigenvalue weighted by molar-refractivity contribution is 8.07. The molecule has 3 atom stereocenters. The molecule has 1 fully saturated rings. The van der Waals surface area contributed by atoms with Gasteiger partial charge in [0.2, 0.25) is 3.54 Å². The fraction of sp³-hybridized carbons (Fsp3) is 0.455. The summed E-state index contributed by atoms with van der Waals surface area (Å²) in [5, 5.41) is 10.2. The van der Waals surface area contributed by atoms with Crippen LogP contribution in [-0.4, -0.2) is 28.6 Å². The second-order valence-electron chi connectivity index (χ2n) is 3.85. The zero-order chi connectivity index (χ0) is 12.5. The zero-order valence-electron chi connectivity index (χ0n) is 9.04. The lowest BCUT2D eigenvalue weighted by molar-refractivity contribution is 0.183. The fourth-order valence-corrected chi connectivity index (χ4v) is 6.03. The molecule has 17 heavy (non-hydrogen) atoms. The molecule has 0 saturated carbocycles. The van der Waals surface area contributed by atoms with Gasteiger partial charge in [0.1, 0.15) is 6.10 Å². The summed E-state index contributed by atoms with van der Waals surface area (Å²) in [5.74, 6) is 0.776. The molecule has 1 saturated heterocycles. The molecule has 1 aliphatic rings. The van der Waals surface area contributed by atoms with Crippen molar-refractivity contribution in [3.63, 3.8) is 0 Å². The normalized spacial score (nSPS) is 35.4. The van der Waals surface area contributed by atoms with Gasteiger partial charge < -0.3 is 5.11 Å². The molecular formula is C11H13ClO3S2. The van der Waals surface area contributed by atoms with Crippen molar-refractivity contribution in [1.29, 1.82) is 0 Å². The Morgan fingerprint density at radius 1 is 1.18 bits per heavy atom. The first-order valence-corrected chi connectivity index (χ1v) is 8.27. The maximum absolute atomic E-state index is 12.0. The Balaban J connectivity index is 2.37. The van der Waals surface area contributed by atoms with Crippen LogP contribution in [0.15, 0.2) is 30.3 Å². The second kappa shape index (κ2) is 5.18. The number of hydrogen-bond acceptors (Lipinski definition) is 3. The lowest BCUT2D eigenvalue weighted by Gasteiger charge is -2.33. The smallest absolute Gasteiger partial charge is 0.222 e. The molecule has 1 aromatic carbocycles. The van der Waals surface area contributed by atoms with Crippen molar-refractivity contribution in [2.45, 2.75) is 16.1 Å². The first kappa shape index (κ1) is 13.2. The second-order valence-corrected chi connectivity index (χ2v) is 8.64. The number of aliphatic hydroxyl groups excluding tert-OH is 1. The third-order valence-electron chi connectivity index (χ3n) is 2.72. The molecule has 2 unspecified atom stereocenters. The molecule has 0 bridgehead atoms. The number of halogens is 1. The third kappa shape index (κ3) is 2.34. The standard InChI is InChI=1S/C11H13ClO3S2/c12-11(16(14)7-4-8-17(11)15)10(13)9-5-2-1-3-6-9/h1-3,5-6,10,13H,4,7-8H2/t10-,11?,16?,17?/m1/s1. The maximum atomic E-state index is 12.0. The zero-order valence-corrected chi connectivity index (χ0v) is 11.4. The molecule has 0 radical (unpaired) electrons. The van der Waals surface area contributed by atoms with Crippen LogP contribution in [0.5, 0.6) is 0 Å². The van der Waals surface area contributed by atoms with Crippen LogP contribution >= 0.6 is 11.6 Å². The average molecular weight is 293 g/mol. The van der Waals surface area contributed by atoms with Crippen molar-refractivity contribution in [2.24, 2.45) is 0 Å². The van der Waals surface area contributed by atoms with Gasteiger partial charge in [-0.1, -0.05) is 41.9 Å². The van der Waals surface area contributed by atoms with Gasteiger partial charge in [0.05, 0.1) is 21.6 Å². The first-order chi connectivity index (χ1) is 8.06. The van der Waals surface area contributed by atoms with Crippen LogP contribution in [0.1, 0.15) is 18.1 Å². The Morgan fingerprint density at radius 3 is 2.24 bits per heavy atom. The molecule has 1 aliphatic heterocycles. The Bertz CT molecular complexity index is 433. The molecule has 3 nitrogen and oxygen atoms in total. The summed E-state index contributed by atoms with van der Waals surface area (Å²) in [5.41, 5.74) is 0.547. The summed E-state index contributed by atoms with van der Waals surface area (Å²) in [6.45, 7) is 0. The van der Waals surface area contributed by atoms with Gasteiger partial charge in [0.15, 0.2) is 0 Å². The van der Waals surface area contributed by atoms with Crippen molar-refractivity contribution in [1.82, 2.24) is 0 Å². The summed E-state index contributed by atoms with van der Waals surface area (Å²) in [6.07, 6.45) is -0.554. The molecule has 6 heteroatoms. The van der Waals surface area contributed by atoms with Crippen LogP contribution in [0.4, 0.5) is 0 Å².